The van der Waals surface area contributed by atoms with E-state index in [2.05, 4.69) is 20.3 Å². The number of nitrogens with zero attached hydrogens (tertiary/aromatic N) is 2. The summed E-state index contributed by atoms with van der Waals surface area (Å²) < 4.78 is 13.4. The molecule has 4 rings (SSSR count). The molecule has 6 nitrogen and oxygen atoms in total. The quantitative estimate of drug-likeness (QED) is 0.675. The fourth-order valence-corrected chi connectivity index (χ4v) is 3.35. The van der Waals surface area contributed by atoms with Gasteiger partial charge in [-0.25, -0.2) is 9.37 Å². The molecule has 0 unspecified atom stereocenters. The monoisotopic (exact) mass is 392 g/mol. The van der Waals surface area contributed by atoms with Gasteiger partial charge in [0, 0.05) is 24.6 Å². The maximum Gasteiger partial charge on any atom is 0.251 e. The molecular weight excluding hydrogens is 371 g/mol. The molecule has 0 spiro atoms. The summed E-state index contributed by atoms with van der Waals surface area (Å²) in [7, 11) is 0. The highest BCUT2D eigenvalue weighted by molar-refractivity contribution is 5.79. The van der Waals surface area contributed by atoms with Crippen molar-refractivity contribution in [1.29, 1.82) is 0 Å². The first-order valence-corrected chi connectivity index (χ1v) is 9.66. The van der Waals surface area contributed by atoms with E-state index in [-0.39, 0.29) is 23.2 Å². The molecule has 1 aliphatic rings. The van der Waals surface area contributed by atoms with Gasteiger partial charge in [0.1, 0.15) is 11.5 Å². The van der Waals surface area contributed by atoms with Crippen molar-refractivity contribution in [3.63, 3.8) is 0 Å². The third kappa shape index (κ3) is 4.56. The minimum atomic E-state index is -0.408. The number of benzene rings is 1. The summed E-state index contributed by atoms with van der Waals surface area (Å²) >= 11 is 0. The number of aromatic amines is 1. The van der Waals surface area contributed by atoms with Gasteiger partial charge in [-0.05, 0) is 42.7 Å². The maximum absolute atomic E-state index is 13.4. The van der Waals surface area contributed by atoms with Gasteiger partial charge in [-0.1, -0.05) is 24.6 Å². The SMILES string of the molecule is O=C(N[C@H](Cc1cc(=O)[nH]c(-c2ccccn2)n1)c1ccc(F)cc1)C1CCC1. The Labute approximate surface area is 167 Å². The van der Waals surface area contributed by atoms with E-state index in [4.69, 9.17) is 0 Å². The fraction of sp³-hybridized carbons (Fsp3) is 0.273. The number of halogens is 1. The molecule has 148 valence electrons. The molecule has 7 heteroatoms. The van der Waals surface area contributed by atoms with Crippen LogP contribution in [0.3, 0.4) is 0 Å². The molecule has 0 saturated heterocycles. The lowest BCUT2D eigenvalue weighted by atomic mass is 9.84. The first-order chi connectivity index (χ1) is 14.1. The summed E-state index contributed by atoms with van der Waals surface area (Å²) in [5.41, 5.74) is 1.56. The average Bonchev–Trinajstić information content (AvgIpc) is 2.67. The lowest BCUT2D eigenvalue weighted by Crippen LogP contribution is -2.38. The van der Waals surface area contributed by atoms with Crippen LogP contribution in [0.1, 0.15) is 36.6 Å². The number of hydrogen-bond acceptors (Lipinski definition) is 4. The van der Waals surface area contributed by atoms with E-state index in [1.165, 1.54) is 18.2 Å². The van der Waals surface area contributed by atoms with Crippen LogP contribution in [0.2, 0.25) is 0 Å². The first-order valence-electron chi connectivity index (χ1n) is 9.66. The van der Waals surface area contributed by atoms with Gasteiger partial charge >= 0.3 is 0 Å². The fourth-order valence-electron chi connectivity index (χ4n) is 3.35. The lowest BCUT2D eigenvalue weighted by Gasteiger charge is -2.27. The third-order valence-electron chi connectivity index (χ3n) is 5.18. The van der Waals surface area contributed by atoms with Gasteiger partial charge in [0.25, 0.3) is 5.56 Å². The van der Waals surface area contributed by atoms with Gasteiger partial charge in [0.05, 0.1) is 11.7 Å². The molecule has 3 aromatic rings. The van der Waals surface area contributed by atoms with E-state index in [1.807, 2.05) is 6.07 Å². The number of amides is 1. The largest absolute Gasteiger partial charge is 0.349 e. The Morgan fingerprint density at radius 2 is 2.00 bits per heavy atom. The first kappa shape index (κ1) is 19.0. The molecule has 1 aliphatic carbocycles. The van der Waals surface area contributed by atoms with Gasteiger partial charge in [-0.2, -0.15) is 0 Å². The van der Waals surface area contributed by atoms with Crippen LogP contribution in [0.15, 0.2) is 59.5 Å². The Kier molecular flexibility index (Phi) is 5.46. The van der Waals surface area contributed by atoms with Crippen LogP contribution in [-0.2, 0) is 11.2 Å². The van der Waals surface area contributed by atoms with Gasteiger partial charge in [0.15, 0.2) is 5.82 Å². The molecule has 1 fully saturated rings. The Morgan fingerprint density at radius 3 is 2.66 bits per heavy atom. The third-order valence-corrected chi connectivity index (χ3v) is 5.18. The van der Waals surface area contributed by atoms with Crippen molar-refractivity contribution in [2.45, 2.75) is 31.7 Å². The second-order valence-electron chi connectivity index (χ2n) is 7.24. The predicted molar refractivity (Wildman–Crippen MR) is 106 cm³/mol. The summed E-state index contributed by atoms with van der Waals surface area (Å²) in [5, 5.41) is 3.05. The Morgan fingerprint density at radius 1 is 1.21 bits per heavy atom. The van der Waals surface area contributed by atoms with Gasteiger partial charge in [0.2, 0.25) is 5.91 Å². The van der Waals surface area contributed by atoms with Gasteiger partial charge in [-0.15, -0.1) is 0 Å². The molecule has 0 bridgehead atoms. The van der Waals surface area contributed by atoms with Crippen molar-refractivity contribution in [2.24, 2.45) is 5.92 Å². The number of hydrogen-bond donors (Lipinski definition) is 2. The zero-order chi connectivity index (χ0) is 20.2. The molecule has 1 atom stereocenters. The molecule has 29 heavy (non-hydrogen) atoms. The van der Waals surface area contributed by atoms with Crippen LogP contribution < -0.4 is 10.9 Å². The highest BCUT2D eigenvalue weighted by atomic mass is 19.1. The zero-order valence-corrected chi connectivity index (χ0v) is 15.8. The molecule has 2 N–H and O–H groups in total. The van der Waals surface area contributed by atoms with Crippen LogP contribution in [0.25, 0.3) is 11.5 Å². The van der Waals surface area contributed by atoms with Crippen LogP contribution in [0, 0.1) is 11.7 Å². The summed E-state index contributed by atoms with van der Waals surface area (Å²) in [6.07, 6.45) is 4.77. The molecule has 2 aromatic heterocycles. The lowest BCUT2D eigenvalue weighted by molar-refractivity contribution is -0.128. The van der Waals surface area contributed by atoms with Crippen LogP contribution in [0.4, 0.5) is 4.39 Å². The van der Waals surface area contributed by atoms with Crippen molar-refractivity contribution in [3.8, 4) is 11.5 Å². The maximum atomic E-state index is 13.4. The molecule has 1 aromatic carbocycles. The number of nitrogens with one attached hydrogen (secondary N) is 2. The van der Waals surface area contributed by atoms with Crippen molar-refractivity contribution in [2.75, 3.05) is 0 Å². The number of carbonyl (C=O) groups is 1. The summed E-state index contributed by atoms with van der Waals surface area (Å²) in [6.45, 7) is 0. The molecule has 1 saturated carbocycles. The van der Waals surface area contributed by atoms with E-state index in [0.29, 0.717) is 23.6 Å². The van der Waals surface area contributed by atoms with Crippen LogP contribution in [0.5, 0.6) is 0 Å². The number of pyridine rings is 1. The van der Waals surface area contributed by atoms with Crippen LogP contribution >= 0.6 is 0 Å². The number of carbonyl (C=O) groups excluding carboxylic acids is 1. The van der Waals surface area contributed by atoms with E-state index in [9.17, 15) is 14.0 Å². The predicted octanol–water partition coefficient (Wildman–Crippen LogP) is 3.17. The van der Waals surface area contributed by atoms with Crippen molar-refractivity contribution in [3.05, 3.63) is 82.2 Å². The van der Waals surface area contributed by atoms with E-state index < -0.39 is 6.04 Å². The second kappa shape index (κ2) is 8.34. The zero-order valence-electron chi connectivity index (χ0n) is 15.8. The minimum Gasteiger partial charge on any atom is -0.349 e. The number of rotatable bonds is 6. The molecular formula is C22H21FN4O2. The van der Waals surface area contributed by atoms with Gasteiger partial charge < -0.3 is 10.3 Å². The van der Waals surface area contributed by atoms with Crippen molar-refractivity contribution in [1.82, 2.24) is 20.3 Å². The average molecular weight is 392 g/mol. The van der Waals surface area contributed by atoms with Crippen molar-refractivity contribution >= 4 is 5.91 Å². The smallest absolute Gasteiger partial charge is 0.251 e. The second-order valence-corrected chi connectivity index (χ2v) is 7.24. The Hall–Kier alpha value is -3.35. The summed E-state index contributed by atoms with van der Waals surface area (Å²) in [6, 6.07) is 12.4. The molecule has 0 aliphatic heterocycles. The highest BCUT2D eigenvalue weighted by Crippen LogP contribution is 2.28. The van der Waals surface area contributed by atoms with E-state index in [1.54, 1.807) is 30.5 Å². The number of aromatic nitrogens is 3. The normalized spacial score (nSPS) is 14.8. The van der Waals surface area contributed by atoms with E-state index >= 15 is 0 Å². The Bertz CT molecular complexity index is 1050. The summed E-state index contributed by atoms with van der Waals surface area (Å²) in [5.74, 6) is 0.0374. The van der Waals surface area contributed by atoms with Gasteiger partial charge in [-0.3, -0.25) is 14.6 Å². The topological polar surface area (TPSA) is 87.7 Å². The van der Waals surface area contributed by atoms with E-state index in [0.717, 1.165) is 24.8 Å². The standard InChI is InChI=1S/C22H21FN4O2/c23-16-9-7-14(8-10-16)19(26-22(29)15-4-3-5-15)12-17-13-20(28)27-21(25-17)18-6-1-2-11-24-18/h1-2,6-11,13,15,19H,3-5,12H2,(H,26,29)(H,25,27,28)/t19-/m1/s1. The summed E-state index contributed by atoms with van der Waals surface area (Å²) in [4.78, 5) is 36.2. The molecule has 2 heterocycles. The molecule has 1 amide bonds. The highest BCUT2D eigenvalue weighted by Gasteiger charge is 2.27. The molecule has 0 radical (unpaired) electrons. The Balaban J connectivity index is 1.63. The minimum absolute atomic E-state index is 0.0136. The van der Waals surface area contributed by atoms with Crippen LogP contribution in [-0.4, -0.2) is 20.9 Å². The van der Waals surface area contributed by atoms with Crippen molar-refractivity contribution < 1.29 is 9.18 Å². The number of H-pyrrole nitrogens is 1.